The molecule has 1 aromatic heterocycles. The second kappa shape index (κ2) is 8.69. The Morgan fingerprint density at radius 2 is 1.76 bits per heavy atom. The first-order chi connectivity index (χ1) is 13.7. The van der Waals surface area contributed by atoms with Crippen LogP contribution < -0.4 is 15.4 Å². The molecule has 0 spiro atoms. The maximum atomic E-state index is 12.6. The third-order valence-corrected chi connectivity index (χ3v) is 4.34. The van der Waals surface area contributed by atoms with Crippen molar-refractivity contribution in [2.24, 2.45) is 0 Å². The number of hydrogen-bond donors (Lipinski definition) is 2. The Morgan fingerprint density at radius 1 is 1.00 bits per heavy atom. The van der Waals surface area contributed by atoms with Crippen LogP contribution in [0.1, 0.15) is 13.8 Å². The lowest BCUT2D eigenvalue weighted by atomic mass is 10.1. The molecule has 3 aromatic rings. The second-order valence-electron chi connectivity index (χ2n) is 6.44. The van der Waals surface area contributed by atoms with E-state index in [1.54, 1.807) is 12.1 Å². The van der Waals surface area contributed by atoms with E-state index in [0.717, 1.165) is 10.2 Å². The summed E-state index contributed by atoms with van der Waals surface area (Å²) < 4.78 is 42.5. The van der Waals surface area contributed by atoms with Crippen LogP contribution in [0.25, 0.3) is 11.3 Å². The van der Waals surface area contributed by atoms with Crippen LogP contribution in [0.2, 0.25) is 0 Å². The zero-order chi connectivity index (χ0) is 21.0. The van der Waals surface area contributed by atoms with Crippen LogP contribution in [0.3, 0.4) is 0 Å². The predicted octanol–water partition coefficient (Wildman–Crippen LogP) is 6.37. The van der Waals surface area contributed by atoms with Gasteiger partial charge in [0.15, 0.2) is 0 Å². The third kappa shape index (κ3) is 6.08. The highest BCUT2D eigenvalue weighted by Gasteiger charge is 2.31. The first kappa shape index (κ1) is 20.9. The topological polar surface area (TPSA) is 59.1 Å². The summed E-state index contributed by atoms with van der Waals surface area (Å²) in [4.78, 5) is 8.89. The van der Waals surface area contributed by atoms with Crippen molar-refractivity contribution in [3.05, 3.63) is 59.1 Å². The maximum Gasteiger partial charge on any atom is 0.573 e. The molecule has 0 bridgehead atoms. The molecule has 0 amide bonds. The molecule has 1 heterocycles. The number of para-hydroxylation sites is 1. The van der Waals surface area contributed by atoms with Crippen molar-refractivity contribution in [1.82, 2.24) is 9.97 Å². The molecule has 0 aliphatic rings. The monoisotopic (exact) mass is 466 g/mol. The summed E-state index contributed by atoms with van der Waals surface area (Å²) in [7, 11) is 0. The summed E-state index contributed by atoms with van der Waals surface area (Å²) >= 11 is 3.47. The number of halogens is 4. The van der Waals surface area contributed by atoms with Crippen molar-refractivity contribution < 1.29 is 17.9 Å². The summed E-state index contributed by atoms with van der Waals surface area (Å²) in [5.74, 6) is 0.536. The molecule has 0 aliphatic carbocycles. The lowest BCUT2D eigenvalue weighted by Gasteiger charge is -2.14. The Bertz CT molecular complexity index is 995. The van der Waals surface area contributed by atoms with Gasteiger partial charge in [-0.15, -0.1) is 13.2 Å². The molecule has 2 N–H and O–H groups in total. The highest BCUT2D eigenvalue weighted by atomic mass is 79.9. The molecule has 0 atom stereocenters. The van der Waals surface area contributed by atoms with Crippen LogP contribution in [-0.4, -0.2) is 22.4 Å². The van der Waals surface area contributed by atoms with E-state index in [9.17, 15) is 13.2 Å². The molecule has 0 unspecified atom stereocenters. The maximum absolute atomic E-state index is 12.6. The average Bonchev–Trinajstić information content (AvgIpc) is 2.62. The van der Waals surface area contributed by atoms with Gasteiger partial charge in [-0.05, 0) is 54.0 Å². The molecule has 29 heavy (non-hydrogen) atoms. The summed E-state index contributed by atoms with van der Waals surface area (Å²) in [5.41, 5.74) is 1.71. The number of hydrogen-bond acceptors (Lipinski definition) is 5. The Hall–Kier alpha value is -2.81. The second-order valence-corrected chi connectivity index (χ2v) is 7.30. The van der Waals surface area contributed by atoms with E-state index in [4.69, 9.17) is 0 Å². The quantitative estimate of drug-likeness (QED) is 0.441. The molecule has 3 rings (SSSR count). The summed E-state index contributed by atoms with van der Waals surface area (Å²) in [6, 6.07) is 14.9. The van der Waals surface area contributed by atoms with E-state index >= 15 is 0 Å². The molecule has 0 radical (unpaired) electrons. The summed E-state index contributed by atoms with van der Waals surface area (Å²) in [6.07, 6.45) is -4.76. The van der Waals surface area contributed by atoms with Crippen molar-refractivity contribution in [2.45, 2.75) is 26.3 Å². The third-order valence-electron chi connectivity index (χ3n) is 3.64. The number of ether oxygens (including phenoxy) is 1. The van der Waals surface area contributed by atoms with E-state index in [2.05, 4.69) is 41.3 Å². The molecule has 152 valence electrons. The first-order valence-corrected chi connectivity index (χ1v) is 9.52. The van der Waals surface area contributed by atoms with Crippen LogP contribution in [0.5, 0.6) is 5.75 Å². The fourth-order valence-electron chi connectivity index (χ4n) is 2.54. The van der Waals surface area contributed by atoms with Gasteiger partial charge in [0, 0.05) is 22.1 Å². The Kier molecular flexibility index (Phi) is 6.26. The zero-order valence-electron chi connectivity index (χ0n) is 15.6. The summed E-state index contributed by atoms with van der Waals surface area (Å²) in [5, 5.41) is 6.32. The number of anilines is 3. The van der Waals surface area contributed by atoms with Gasteiger partial charge in [-0.3, -0.25) is 0 Å². The highest BCUT2D eigenvalue weighted by Crippen LogP contribution is 2.30. The fraction of sp³-hybridized carbons (Fsp3) is 0.200. The Balaban J connectivity index is 1.99. The van der Waals surface area contributed by atoms with E-state index in [0.29, 0.717) is 23.0 Å². The highest BCUT2D eigenvalue weighted by molar-refractivity contribution is 9.10. The number of nitrogens with one attached hydrogen (secondary N) is 2. The van der Waals surface area contributed by atoms with Gasteiger partial charge >= 0.3 is 6.36 Å². The van der Waals surface area contributed by atoms with Crippen LogP contribution in [0.15, 0.2) is 59.1 Å². The van der Waals surface area contributed by atoms with E-state index in [1.165, 1.54) is 18.2 Å². The van der Waals surface area contributed by atoms with Crippen molar-refractivity contribution >= 4 is 33.4 Å². The lowest BCUT2D eigenvalue weighted by Crippen LogP contribution is -2.17. The van der Waals surface area contributed by atoms with Gasteiger partial charge in [-0.1, -0.05) is 24.3 Å². The fourth-order valence-corrected chi connectivity index (χ4v) is 2.92. The van der Waals surface area contributed by atoms with Crippen molar-refractivity contribution in [3.63, 3.8) is 0 Å². The first-order valence-electron chi connectivity index (χ1n) is 8.73. The Labute approximate surface area is 174 Å². The normalized spacial score (nSPS) is 11.4. The molecule has 0 saturated heterocycles. The molecular weight excluding hydrogens is 449 g/mol. The number of benzene rings is 2. The summed E-state index contributed by atoms with van der Waals surface area (Å²) in [6.45, 7) is 3.88. The van der Waals surface area contributed by atoms with Crippen molar-refractivity contribution in [2.75, 3.05) is 10.6 Å². The van der Waals surface area contributed by atoms with Gasteiger partial charge in [0.1, 0.15) is 11.6 Å². The minimum Gasteiger partial charge on any atom is -0.406 e. The molecule has 0 fully saturated rings. The van der Waals surface area contributed by atoms with Crippen LogP contribution in [0.4, 0.5) is 30.6 Å². The average molecular weight is 467 g/mol. The minimum atomic E-state index is -4.76. The van der Waals surface area contributed by atoms with E-state index in [1.807, 2.05) is 38.1 Å². The molecule has 0 saturated carbocycles. The van der Waals surface area contributed by atoms with E-state index < -0.39 is 6.36 Å². The van der Waals surface area contributed by atoms with Gasteiger partial charge in [-0.25, -0.2) is 4.98 Å². The number of alkyl halides is 3. The van der Waals surface area contributed by atoms with E-state index in [-0.39, 0.29) is 11.8 Å². The van der Waals surface area contributed by atoms with Crippen molar-refractivity contribution in [1.29, 1.82) is 0 Å². The van der Waals surface area contributed by atoms with Gasteiger partial charge < -0.3 is 15.4 Å². The van der Waals surface area contributed by atoms with Crippen LogP contribution in [-0.2, 0) is 0 Å². The van der Waals surface area contributed by atoms with Crippen LogP contribution in [0, 0.1) is 0 Å². The molecule has 9 heteroatoms. The number of rotatable bonds is 6. The zero-order valence-corrected chi connectivity index (χ0v) is 17.2. The SMILES string of the molecule is CC(C)Nc1nc(Nc2ccccc2Br)cc(-c2cccc(OC(F)(F)F)c2)n1. The molecule has 0 aliphatic heterocycles. The molecule has 5 nitrogen and oxygen atoms in total. The predicted molar refractivity (Wildman–Crippen MR) is 110 cm³/mol. The van der Waals surface area contributed by atoms with Gasteiger partial charge in [0.25, 0.3) is 0 Å². The van der Waals surface area contributed by atoms with Gasteiger partial charge in [0.2, 0.25) is 5.95 Å². The number of nitrogens with zero attached hydrogens (tertiary/aromatic N) is 2. The van der Waals surface area contributed by atoms with Gasteiger partial charge in [-0.2, -0.15) is 4.98 Å². The van der Waals surface area contributed by atoms with Crippen LogP contribution >= 0.6 is 15.9 Å². The van der Waals surface area contributed by atoms with Crippen molar-refractivity contribution in [3.8, 4) is 17.0 Å². The lowest BCUT2D eigenvalue weighted by molar-refractivity contribution is -0.274. The largest absolute Gasteiger partial charge is 0.573 e. The minimum absolute atomic E-state index is 0.0708. The smallest absolute Gasteiger partial charge is 0.406 e. The standard InChI is InChI=1S/C20H18BrF3N4O/c1-12(2)25-19-27-17(13-6-5-7-14(10-13)29-20(22,23)24)11-18(28-19)26-16-9-4-3-8-15(16)21/h3-12H,1-2H3,(H2,25,26,27,28). The van der Waals surface area contributed by atoms with Gasteiger partial charge in [0.05, 0.1) is 11.4 Å². The molecule has 2 aromatic carbocycles. The number of aromatic nitrogens is 2. The molecular formula is C20H18BrF3N4O. The Morgan fingerprint density at radius 3 is 2.45 bits per heavy atom.